The maximum absolute atomic E-state index is 11.7. The minimum absolute atomic E-state index is 0.145. The van der Waals surface area contributed by atoms with E-state index in [4.69, 9.17) is 0 Å². The van der Waals surface area contributed by atoms with Crippen molar-refractivity contribution in [3.63, 3.8) is 0 Å². The number of nitrogens with zero attached hydrogens (tertiary/aromatic N) is 4. The van der Waals surface area contributed by atoms with Crippen molar-refractivity contribution in [1.29, 1.82) is 0 Å². The third-order valence-electron chi connectivity index (χ3n) is 2.41. The smallest absolute Gasteiger partial charge is 0.241 e. The molecule has 1 saturated heterocycles. The van der Waals surface area contributed by atoms with Gasteiger partial charge >= 0.3 is 0 Å². The maximum Gasteiger partial charge on any atom is 0.241 e. The van der Waals surface area contributed by atoms with E-state index in [0.717, 1.165) is 18.8 Å². The van der Waals surface area contributed by atoms with Crippen molar-refractivity contribution in [2.45, 2.75) is 0 Å². The van der Waals surface area contributed by atoms with Gasteiger partial charge in [-0.1, -0.05) is 0 Å². The molecule has 1 fully saturated rings. The number of rotatable bonds is 1. The second-order valence-corrected chi connectivity index (χ2v) is 3.66. The van der Waals surface area contributed by atoms with Crippen molar-refractivity contribution in [1.82, 2.24) is 14.7 Å². The lowest BCUT2D eigenvalue weighted by atomic mass is 10.3. The molecule has 0 aromatic carbocycles. The minimum Gasteiger partial charge on any atom is -0.307 e. The van der Waals surface area contributed by atoms with Gasteiger partial charge in [-0.25, -0.2) is 0 Å². The van der Waals surface area contributed by atoms with Gasteiger partial charge < -0.3 is 4.90 Å². The predicted octanol–water partition coefficient (Wildman–Crippen LogP) is -0.302. The van der Waals surface area contributed by atoms with Gasteiger partial charge in [0.15, 0.2) is 0 Å². The molecule has 1 aromatic heterocycles. The fraction of sp³-hybridized carbons (Fsp3) is 0.556. The van der Waals surface area contributed by atoms with Crippen molar-refractivity contribution >= 4 is 11.6 Å². The van der Waals surface area contributed by atoms with E-state index in [9.17, 15) is 4.79 Å². The first-order valence-corrected chi connectivity index (χ1v) is 4.64. The van der Waals surface area contributed by atoms with E-state index >= 15 is 0 Å². The third kappa shape index (κ3) is 1.63. The molecular formula is C9H14N4O. The second kappa shape index (κ2) is 3.42. The standard InChI is InChI=1S/C9H14N4O/c1-11-3-4-13(9(14)7-11)8-5-10-12(2)6-8/h5-6H,3-4,7H2,1-2H3. The van der Waals surface area contributed by atoms with E-state index in [2.05, 4.69) is 5.10 Å². The van der Waals surface area contributed by atoms with Crippen LogP contribution in [0.15, 0.2) is 12.4 Å². The lowest BCUT2D eigenvalue weighted by molar-refractivity contribution is -0.120. The number of amides is 1. The maximum atomic E-state index is 11.7. The highest BCUT2D eigenvalue weighted by atomic mass is 16.2. The third-order valence-corrected chi connectivity index (χ3v) is 2.41. The molecule has 5 nitrogen and oxygen atoms in total. The van der Waals surface area contributed by atoms with E-state index in [1.807, 2.05) is 25.2 Å². The van der Waals surface area contributed by atoms with Crippen LogP contribution in [0.1, 0.15) is 0 Å². The van der Waals surface area contributed by atoms with Crippen LogP contribution in [-0.2, 0) is 11.8 Å². The van der Waals surface area contributed by atoms with E-state index in [1.54, 1.807) is 15.8 Å². The van der Waals surface area contributed by atoms with Crippen molar-refractivity contribution < 1.29 is 4.79 Å². The Bertz CT molecular complexity index is 346. The molecule has 0 atom stereocenters. The predicted molar refractivity (Wildman–Crippen MR) is 53.1 cm³/mol. The summed E-state index contributed by atoms with van der Waals surface area (Å²) in [5.41, 5.74) is 0.894. The first-order chi connectivity index (χ1) is 6.66. The number of piperazine rings is 1. The minimum atomic E-state index is 0.145. The summed E-state index contributed by atoms with van der Waals surface area (Å²) in [5, 5.41) is 4.05. The Morgan fingerprint density at radius 2 is 2.14 bits per heavy atom. The molecule has 0 aliphatic carbocycles. The Balaban J connectivity index is 2.15. The summed E-state index contributed by atoms with van der Waals surface area (Å²) in [7, 11) is 3.81. The summed E-state index contributed by atoms with van der Waals surface area (Å²) in [6.07, 6.45) is 3.59. The van der Waals surface area contributed by atoms with Crippen molar-refractivity contribution in [3.05, 3.63) is 12.4 Å². The summed E-state index contributed by atoms with van der Waals surface area (Å²) in [5.74, 6) is 0.145. The Labute approximate surface area is 82.9 Å². The monoisotopic (exact) mass is 194 g/mol. The molecule has 1 aliphatic rings. The molecule has 1 amide bonds. The van der Waals surface area contributed by atoms with Crippen LogP contribution in [0.3, 0.4) is 0 Å². The highest BCUT2D eigenvalue weighted by Gasteiger charge is 2.23. The van der Waals surface area contributed by atoms with Crippen LogP contribution < -0.4 is 4.90 Å². The fourth-order valence-electron chi connectivity index (χ4n) is 1.61. The molecule has 76 valence electrons. The van der Waals surface area contributed by atoms with Crippen LogP contribution in [0, 0.1) is 0 Å². The summed E-state index contributed by atoms with van der Waals surface area (Å²) < 4.78 is 1.71. The van der Waals surface area contributed by atoms with Gasteiger partial charge in [-0.15, -0.1) is 0 Å². The normalized spacial score (nSPS) is 19.0. The van der Waals surface area contributed by atoms with Gasteiger partial charge in [0.05, 0.1) is 18.4 Å². The van der Waals surface area contributed by atoms with E-state index < -0.39 is 0 Å². The van der Waals surface area contributed by atoms with Gasteiger partial charge in [-0.2, -0.15) is 5.10 Å². The van der Waals surface area contributed by atoms with Crippen LogP contribution >= 0.6 is 0 Å². The molecule has 0 saturated carbocycles. The van der Waals surface area contributed by atoms with Gasteiger partial charge in [0.1, 0.15) is 0 Å². The van der Waals surface area contributed by atoms with Crippen LogP contribution in [0.4, 0.5) is 5.69 Å². The molecule has 1 aromatic rings. The number of aryl methyl sites for hydroxylation is 1. The van der Waals surface area contributed by atoms with Crippen molar-refractivity contribution in [2.24, 2.45) is 7.05 Å². The molecule has 0 unspecified atom stereocenters. The lowest BCUT2D eigenvalue weighted by Crippen LogP contribution is -2.48. The van der Waals surface area contributed by atoms with E-state index in [1.165, 1.54) is 0 Å². The molecule has 0 bridgehead atoms. The zero-order chi connectivity index (χ0) is 10.1. The van der Waals surface area contributed by atoms with Crippen molar-refractivity contribution in [2.75, 3.05) is 31.6 Å². The first kappa shape index (κ1) is 9.21. The number of carbonyl (C=O) groups is 1. The molecule has 5 heteroatoms. The molecule has 0 spiro atoms. The summed E-state index contributed by atoms with van der Waals surface area (Å²) in [6, 6.07) is 0. The number of hydrogen-bond donors (Lipinski definition) is 0. The average Bonchev–Trinajstić information content (AvgIpc) is 2.51. The molecule has 1 aliphatic heterocycles. The molecule has 2 rings (SSSR count). The van der Waals surface area contributed by atoms with Gasteiger partial charge in [0.25, 0.3) is 0 Å². The summed E-state index contributed by atoms with van der Waals surface area (Å²) in [6.45, 7) is 2.16. The zero-order valence-corrected chi connectivity index (χ0v) is 8.47. The highest BCUT2D eigenvalue weighted by Crippen LogP contribution is 2.14. The number of aromatic nitrogens is 2. The molecule has 0 radical (unpaired) electrons. The Morgan fingerprint density at radius 3 is 2.71 bits per heavy atom. The molecule has 0 N–H and O–H groups in total. The number of carbonyl (C=O) groups excluding carboxylic acids is 1. The Hall–Kier alpha value is -1.36. The van der Waals surface area contributed by atoms with Gasteiger partial charge in [0, 0.05) is 26.3 Å². The summed E-state index contributed by atoms with van der Waals surface area (Å²) in [4.78, 5) is 15.5. The first-order valence-electron chi connectivity index (χ1n) is 4.64. The van der Waals surface area contributed by atoms with Gasteiger partial charge in [0.2, 0.25) is 5.91 Å². The van der Waals surface area contributed by atoms with Crippen LogP contribution in [-0.4, -0.2) is 47.3 Å². The largest absolute Gasteiger partial charge is 0.307 e. The van der Waals surface area contributed by atoms with Crippen molar-refractivity contribution in [3.8, 4) is 0 Å². The van der Waals surface area contributed by atoms with E-state index in [0.29, 0.717) is 6.54 Å². The second-order valence-electron chi connectivity index (χ2n) is 3.66. The van der Waals surface area contributed by atoms with E-state index in [-0.39, 0.29) is 5.91 Å². The zero-order valence-electron chi connectivity index (χ0n) is 8.47. The van der Waals surface area contributed by atoms with Gasteiger partial charge in [-0.05, 0) is 7.05 Å². The van der Waals surface area contributed by atoms with Crippen LogP contribution in [0.5, 0.6) is 0 Å². The number of likely N-dealkylation sites (N-methyl/N-ethyl adjacent to an activating group) is 1. The SMILES string of the molecule is CN1CCN(c2cnn(C)c2)C(=O)C1. The van der Waals surface area contributed by atoms with Gasteiger partial charge in [-0.3, -0.25) is 14.4 Å². The fourth-order valence-corrected chi connectivity index (χ4v) is 1.61. The topological polar surface area (TPSA) is 41.4 Å². The number of hydrogen-bond acceptors (Lipinski definition) is 3. The molecular weight excluding hydrogens is 180 g/mol. The molecule has 2 heterocycles. The van der Waals surface area contributed by atoms with Crippen LogP contribution in [0.25, 0.3) is 0 Å². The summed E-state index contributed by atoms with van der Waals surface area (Å²) >= 11 is 0. The average molecular weight is 194 g/mol. The Morgan fingerprint density at radius 1 is 1.36 bits per heavy atom. The lowest BCUT2D eigenvalue weighted by Gasteiger charge is -2.30. The quantitative estimate of drug-likeness (QED) is 0.616. The Kier molecular flexibility index (Phi) is 2.25. The highest BCUT2D eigenvalue weighted by molar-refractivity contribution is 5.95. The molecule has 14 heavy (non-hydrogen) atoms. The number of anilines is 1. The van der Waals surface area contributed by atoms with Crippen LogP contribution in [0.2, 0.25) is 0 Å².